The van der Waals surface area contributed by atoms with Crippen molar-refractivity contribution in [2.45, 2.75) is 4.90 Å². The van der Waals surface area contributed by atoms with Crippen molar-refractivity contribution in [2.75, 3.05) is 10.0 Å². The third kappa shape index (κ3) is 4.78. The first-order chi connectivity index (χ1) is 14.9. The van der Waals surface area contributed by atoms with Crippen LogP contribution in [0.2, 0.25) is 0 Å². The molecule has 3 N–H and O–H groups in total. The van der Waals surface area contributed by atoms with Crippen LogP contribution in [0.5, 0.6) is 0 Å². The Hall–Kier alpha value is -3.98. The van der Waals surface area contributed by atoms with Gasteiger partial charge in [0.25, 0.3) is 15.9 Å². The lowest BCUT2D eigenvalue weighted by Gasteiger charge is -2.10. The summed E-state index contributed by atoms with van der Waals surface area (Å²) in [5.41, 5.74) is 2.95. The number of carbonyl (C=O) groups excluding carboxylic acids is 1. The average Bonchev–Trinajstić information content (AvgIpc) is 3.29. The van der Waals surface area contributed by atoms with Gasteiger partial charge in [-0.05, 0) is 66.7 Å². The largest absolute Gasteiger partial charge is 0.322 e. The lowest BCUT2D eigenvalue weighted by molar-refractivity contribution is 0.102. The van der Waals surface area contributed by atoms with Gasteiger partial charge in [0.05, 0.1) is 10.6 Å². The van der Waals surface area contributed by atoms with Crippen molar-refractivity contribution in [3.8, 4) is 11.3 Å². The first kappa shape index (κ1) is 20.3. The number of amides is 1. The van der Waals surface area contributed by atoms with Gasteiger partial charge in [0.1, 0.15) is 5.82 Å². The molecule has 3 aromatic carbocycles. The van der Waals surface area contributed by atoms with E-state index in [0.29, 0.717) is 11.3 Å². The van der Waals surface area contributed by atoms with Crippen molar-refractivity contribution in [1.82, 2.24) is 10.2 Å². The smallest absolute Gasteiger partial charge is 0.261 e. The van der Waals surface area contributed by atoms with Crippen LogP contribution < -0.4 is 10.0 Å². The zero-order valence-corrected chi connectivity index (χ0v) is 16.9. The SMILES string of the molecule is O=C(Nc1cccc(-c2ccn[nH]2)c1)c1ccc(NS(=O)(=O)c2ccc(F)cc2)cc1. The van der Waals surface area contributed by atoms with E-state index in [9.17, 15) is 17.6 Å². The van der Waals surface area contributed by atoms with Crippen molar-refractivity contribution in [3.05, 3.63) is 96.4 Å². The molecule has 0 fully saturated rings. The van der Waals surface area contributed by atoms with Gasteiger partial charge in [-0.1, -0.05) is 12.1 Å². The number of aromatic amines is 1. The zero-order chi connectivity index (χ0) is 21.8. The van der Waals surface area contributed by atoms with Crippen LogP contribution in [0.3, 0.4) is 0 Å². The van der Waals surface area contributed by atoms with Gasteiger partial charge in [-0.25, -0.2) is 12.8 Å². The van der Waals surface area contributed by atoms with Gasteiger partial charge in [0.2, 0.25) is 0 Å². The molecular weight excluding hydrogens is 419 g/mol. The summed E-state index contributed by atoms with van der Waals surface area (Å²) in [5.74, 6) is -0.862. The van der Waals surface area contributed by atoms with E-state index in [2.05, 4.69) is 20.2 Å². The van der Waals surface area contributed by atoms with Crippen molar-refractivity contribution >= 4 is 27.3 Å². The van der Waals surface area contributed by atoms with Crippen LogP contribution in [0, 0.1) is 5.82 Å². The minimum absolute atomic E-state index is 0.0622. The fraction of sp³-hybridized carbons (Fsp3) is 0. The number of halogens is 1. The monoisotopic (exact) mass is 436 g/mol. The van der Waals surface area contributed by atoms with E-state index in [4.69, 9.17) is 0 Å². The Balaban J connectivity index is 1.45. The molecule has 156 valence electrons. The molecule has 0 aliphatic heterocycles. The Labute approximate surface area is 178 Å². The minimum Gasteiger partial charge on any atom is -0.322 e. The second-order valence-electron chi connectivity index (χ2n) is 6.64. The summed E-state index contributed by atoms with van der Waals surface area (Å²) in [6.45, 7) is 0. The van der Waals surface area contributed by atoms with Crippen LogP contribution in [0.4, 0.5) is 15.8 Å². The van der Waals surface area contributed by atoms with Crippen LogP contribution in [0.25, 0.3) is 11.3 Å². The molecule has 0 spiro atoms. The third-order valence-electron chi connectivity index (χ3n) is 4.46. The number of anilines is 2. The molecule has 1 heterocycles. The molecule has 1 aromatic heterocycles. The summed E-state index contributed by atoms with van der Waals surface area (Å²) in [5, 5.41) is 9.60. The molecule has 0 aliphatic carbocycles. The number of benzene rings is 3. The number of hydrogen-bond donors (Lipinski definition) is 3. The maximum Gasteiger partial charge on any atom is 0.261 e. The van der Waals surface area contributed by atoms with Gasteiger partial charge in [0.15, 0.2) is 0 Å². The molecule has 0 saturated carbocycles. The van der Waals surface area contributed by atoms with Crippen molar-refractivity contribution in [1.29, 1.82) is 0 Å². The van der Waals surface area contributed by atoms with E-state index in [1.54, 1.807) is 12.3 Å². The number of hydrogen-bond acceptors (Lipinski definition) is 4. The lowest BCUT2D eigenvalue weighted by atomic mass is 10.1. The van der Waals surface area contributed by atoms with Crippen molar-refractivity contribution in [3.63, 3.8) is 0 Å². The number of rotatable bonds is 6. The molecule has 0 radical (unpaired) electrons. The fourth-order valence-electron chi connectivity index (χ4n) is 2.90. The first-order valence-electron chi connectivity index (χ1n) is 9.20. The maximum absolute atomic E-state index is 13.0. The molecule has 9 heteroatoms. The number of sulfonamides is 1. The summed E-state index contributed by atoms with van der Waals surface area (Å²) < 4.78 is 40.2. The molecule has 0 unspecified atom stereocenters. The van der Waals surface area contributed by atoms with Crippen LogP contribution >= 0.6 is 0 Å². The minimum atomic E-state index is -3.86. The van der Waals surface area contributed by atoms with Gasteiger partial charge < -0.3 is 5.32 Å². The van der Waals surface area contributed by atoms with Crippen LogP contribution in [0.15, 0.2) is 90.0 Å². The van der Waals surface area contributed by atoms with Crippen LogP contribution in [-0.2, 0) is 10.0 Å². The third-order valence-corrected chi connectivity index (χ3v) is 5.85. The maximum atomic E-state index is 13.0. The van der Waals surface area contributed by atoms with Gasteiger partial charge >= 0.3 is 0 Å². The van der Waals surface area contributed by atoms with E-state index >= 15 is 0 Å². The summed E-state index contributed by atoms with van der Waals surface area (Å²) >= 11 is 0. The predicted molar refractivity (Wildman–Crippen MR) is 116 cm³/mol. The quantitative estimate of drug-likeness (QED) is 0.420. The Kier molecular flexibility index (Phi) is 5.50. The molecule has 31 heavy (non-hydrogen) atoms. The van der Waals surface area contributed by atoms with E-state index in [-0.39, 0.29) is 16.5 Å². The average molecular weight is 436 g/mol. The Morgan fingerprint density at radius 2 is 1.65 bits per heavy atom. The Morgan fingerprint density at radius 3 is 2.32 bits per heavy atom. The molecule has 7 nitrogen and oxygen atoms in total. The number of H-pyrrole nitrogens is 1. The van der Waals surface area contributed by atoms with E-state index in [1.807, 2.05) is 24.3 Å². The summed E-state index contributed by atoms with van der Waals surface area (Å²) in [4.78, 5) is 12.5. The molecular formula is C22H17FN4O3S. The van der Waals surface area contributed by atoms with Gasteiger partial charge in [-0.2, -0.15) is 5.10 Å². The molecule has 0 saturated heterocycles. The number of nitrogens with one attached hydrogen (secondary N) is 3. The van der Waals surface area contributed by atoms with Crippen LogP contribution in [0.1, 0.15) is 10.4 Å². The fourth-order valence-corrected chi connectivity index (χ4v) is 3.96. The lowest BCUT2D eigenvalue weighted by Crippen LogP contribution is -2.14. The van der Waals surface area contributed by atoms with E-state index in [1.165, 1.54) is 36.4 Å². The predicted octanol–water partition coefficient (Wildman–Crippen LogP) is 4.27. The van der Waals surface area contributed by atoms with Gasteiger partial charge in [0, 0.05) is 28.7 Å². The second-order valence-corrected chi connectivity index (χ2v) is 8.32. The highest BCUT2D eigenvalue weighted by Crippen LogP contribution is 2.21. The molecule has 1 amide bonds. The van der Waals surface area contributed by atoms with Crippen LogP contribution in [-0.4, -0.2) is 24.5 Å². The topological polar surface area (TPSA) is 104 Å². The highest BCUT2D eigenvalue weighted by Gasteiger charge is 2.15. The number of carbonyl (C=O) groups is 1. The second kappa shape index (κ2) is 8.41. The summed E-state index contributed by atoms with van der Waals surface area (Å²) in [6.07, 6.45) is 1.65. The molecule has 0 bridgehead atoms. The normalized spacial score (nSPS) is 11.1. The van der Waals surface area contributed by atoms with Gasteiger partial charge in [-0.3, -0.25) is 14.6 Å². The molecule has 4 aromatic rings. The zero-order valence-electron chi connectivity index (χ0n) is 16.0. The number of nitrogens with zero attached hydrogens (tertiary/aromatic N) is 1. The van der Waals surface area contributed by atoms with Crippen molar-refractivity contribution in [2.24, 2.45) is 0 Å². The van der Waals surface area contributed by atoms with Gasteiger partial charge in [-0.15, -0.1) is 0 Å². The Morgan fingerprint density at radius 1 is 0.903 bits per heavy atom. The summed E-state index contributed by atoms with van der Waals surface area (Å²) in [7, 11) is -3.86. The Bertz CT molecular complexity index is 1300. The number of aromatic nitrogens is 2. The van der Waals surface area contributed by atoms with Crippen molar-refractivity contribution < 1.29 is 17.6 Å². The van der Waals surface area contributed by atoms with E-state index in [0.717, 1.165) is 23.4 Å². The highest BCUT2D eigenvalue weighted by molar-refractivity contribution is 7.92. The summed E-state index contributed by atoms with van der Waals surface area (Å²) in [6, 6.07) is 19.6. The standard InChI is InChI=1S/C22H17FN4O3S/c23-17-6-10-20(11-7-17)31(29,30)27-18-8-4-15(5-9-18)22(28)25-19-3-1-2-16(14-19)21-12-13-24-26-21/h1-14,27H,(H,24,26)(H,25,28). The first-order valence-corrected chi connectivity index (χ1v) is 10.7. The highest BCUT2D eigenvalue weighted by atomic mass is 32.2. The van der Waals surface area contributed by atoms with E-state index < -0.39 is 15.8 Å². The molecule has 4 rings (SSSR count). The molecule has 0 aliphatic rings. The molecule has 0 atom stereocenters.